The van der Waals surface area contributed by atoms with E-state index in [1.807, 2.05) is 86.0 Å². The summed E-state index contributed by atoms with van der Waals surface area (Å²) >= 11 is 0. The number of nitrogens with zero attached hydrogens (tertiary/aromatic N) is 12. The molecule has 10 rings (SSSR count). The standard InChI is InChI=1S/C91H134N16O19/c1-57-19-13-12-14-20-58(2)73(119-9)48-69-26-22-63(7)91(118,126-69)84(115)88(116)106-33-17-15-21-70(106)89(117)125-74(60(4)45-64-24-27-71(109)75(46-64)120-10)49-72(110)59(3)44-62(6)82(114)83(121-11)80(61(5)43-57)102-124-55-68(108)25-23-65-50-97-90(98-51-65)105-37-35-104(36-38-105)78(113)54-103(8)53-77(112)94-32-40-123-42-41-122-39-29-76(111)93-30-16-18-34-107-87-79(85(92)99-56-100-87)81(101-107)67-47-66-28-31-95-86(66)96-52-67/h12-14,19-20,28,31,44,47,50-52,56-57,59-61,63-64,69-75,82-83,109-110,114,118H,15-18,21-27,29-30,32-43,45-46,48-49,53-55H2,1-11H3,(H,93,111)(H,94,112)(H,95,96)(H2,92,99,100)/b14-12+,19-13+,58-20+,62-44+,102-80?/t57-,59-,60-,61-,63-,64+,69+,70+,71-,72-,73+,74+,75-,82-,83+,91-/m1/s1. The van der Waals surface area contributed by atoms with Gasteiger partial charge in [-0.3, -0.25) is 33.7 Å². The van der Waals surface area contributed by atoms with Gasteiger partial charge in [-0.05, 0) is 151 Å². The topological polar surface area (TPSA) is 448 Å². The number of pyridine rings is 1. The van der Waals surface area contributed by atoms with E-state index in [1.54, 1.807) is 76.5 Å². The summed E-state index contributed by atoms with van der Waals surface area (Å²) in [7, 11) is 6.31. The number of unbranched alkanes of at least 4 members (excludes halogenated alkanes) is 1. The van der Waals surface area contributed by atoms with Crippen molar-refractivity contribution in [2.75, 3.05) is 131 Å². The maximum Gasteiger partial charge on any atom is 0.329 e. The zero-order valence-corrected chi connectivity index (χ0v) is 75.1. The summed E-state index contributed by atoms with van der Waals surface area (Å²) in [4.78, 5) is 134. The number of Topliss-reactive ketones (excluding diaryl/α,β-unsaturated/α-hetero) is 2. The number of aromatic nitrogens is 8. The van der Waals surface area contributed by atoms with Crippen molar-refractivity contribution in [2.24, 2.45) is 40.7 Å². The third kappa shape index (κ3) is 27.8. The van der Waals surface area contributed by atoms with Crippen molar-refractivity contribution >= 4 is 80.7 Å². The quantitative estimate of drug-likeness (QED) is 0.00725. The number of ether oxygens (including phenoxy) is 7. The Hall–Kier alpha value is -9.40. The lowest BCUT2D eigenvalue weighted by atomic mass is 9.78. The Kier molecular flexibility index (Phi) is 38.2. The minimum absolute atomic E-state index is 0.00932. The molecule has 4 fully saturated rings. The Bertz CT molecular complexity index is 4550. The first kappa shape index (κ1) is 98.8. The molecule has 0 unspecified atom stereocenters. The third-order valence-corrected chi connectivity index (χ3v) is 25.0. The lowest BCUT2D eigenvalue weighted by molar-refractivity contribution is -0.265. The molecule has 35 heteroatoms. The van der Waals surface area contributed by atoms with E-state index in [-0.39, 0.29) is 145 Å². The molecule has 0 aromatic carbocycles. The number of aromatic amines is 1. The Balaban J connectivity index is 0.661. The monoisotopic (exact) mass is 1760 g/mol. The van der Waals surface area contributed by atoms with Gasteiger partial charge in [0.25, 0.3) is 11.7 Å². The van der Waals surface area contributed by atoms with Crippen molar-refractivity contribution in [1.29, 1.82) is 0 Å². The summed E-state index contributed by atoms with van der Waals surface area (Å²) in [5.41, 5.74) is 11.5. The highest BCUT2D eigenvalue weighted by molar-refractivity contribution is 6.39. The Morgan fingerprint density at radius 3 is 2.30 bits per heavy atom. The molecule has 4 amide bonds. The van der Waals surface area contributed by atoms with E-state index in [4.69, 9.17) is 48.8 Å². The highest BCUT2D eigenvalue weighted by atomic mass is 16.6. The number of rotatable bonds is 32. The summed E-state index contributed by atoms with van der Waals surface area (Å²) in [5.74, 6) is -7.37. The lowest BCUT2D eigenvalue weighted by Gasteiger charge is -2.43. The van der Waals surface area contributed by atoms with Gasteiger partial charge in [-0.15, -0.1) is 0 Å². The van der Waals surface area contributed by atoms with Crippen molar-refractivity contribution in [1.82, 2.24) is 65.0 Å². The van der Waals surface area contributed by atoms with Crippen LogP contribution in [0.25, 0.3) is 33.3 Å². The minimum Gasteiger partial charge on any atom is -0.460 e. The molecule has 1 aliphatic carbocycles. The number of hydrogen-bond donors (Lipinski definition) is 8. The van der Waals surface area contributed by atoms with Crippen molar-refractivity contribution in [2.45, 2.75) is 225 Å². The predicted molar refractivity (Wildman–Crippen MR) is 472 cm³/mol. The molecule has 4 aliphatic heterocycles. The molecule has 0 spiro atoms. The first-order chi connectivity index (χ1) is 60.6. The molecule has 9 heterocycles. The Morgan fingerprint density at radius 1 is 0.786 bits per heavy atom. The number of aryl methyl sites for hydroxylation is 2. The summed E-state index contributed by atoms with van der Waals surface area (Å²) in [6, 6.07) is 2.77. The maximum absolute atomic E-state index is 14.8. The number of carbonyl (C=O) groups is 7. The first-order valence-electron chi connectivity index (χ1n) is 44.7. The van der Waals surface area contributed by atoms with Gasteiger partial charge >= 0.3 is 5.97 Å². The van der Waals surface area contributed by atoms with Gasteiger partial charge in [-0.1, -0.05) is 76.2 Å². The smallest absolute Gasteiger partial charge is 0.329 e. The lowest BCUT2D eigenvalue weighted by Crippen LogP contribution is -2.61. The van der Waals surface area contributed by atoms with E-state index in [9.17, 15) is 54.0 Å². The number of nitrogens with two attached hydrogens (primary N) is 1. The number of methoxy groups -OCH3 is 3. The number of amides is 4. The fourth-order valence-electron chi connectivity index (χ4n) is 17.3. The summed E-state index contributed by atoms with van der Waals surface area (Å²) in [6.07, 6.45) is 20.5. The number of aliphatic hydroxyl groups is 4. The van der Waals surface area contributed by atoms with Crippen LogP contribution in [0.3, 0.4) is 0 Å². The first-order valence-corrected chi connectivity index (χ1v) is 44.7. The summed E-state index contributed by atoms with van der Waals surface area (Å²) in [6.45, 7) is 16.9. The molecule has 126 heavy (non-hydrogen) atoms. The van der Waals surface area contributed by atoms with Crippen LogP contribution in [0.5, 0.6) is 0 Å². The number of hydrogen-bond acceptors (Lipinski definition) is 29. The molecule has 35 nitrogen and oxygen atoms in total. The number of nitrogen functional groups attached to an aromatic ring is 1. The van der Waals surface area contributed by atoms with Crippen LogP contribution in [0.2, 0.25) is 0 Å². The number of fused-ring (bicyclic) bond motifs is 5. The Morgan fingerprint density at radius 2 is 1.55 bits per heavy atom. The second-order valence-electron chi connectivity index (χ2n) is 34.7. The zero-order valence-electron chi connectivity index (χ0n) is 75.1. The number of aliphatic hydroxyl groups excluding tert-OH is 3. The minimum atomic E-state index is -2.47. The fraction of sp³-hybridized carbons (Fsp3) is 0.648. The third-order valence-electron chi connectivity index (χ3n) is 25.0. The number of piperidine rings is 1. The predicted octanol–water partition coefficient (Wildman–Crippen LogP) is 6.75. The molecular weight excluding hydrogens is 1620 g/mol. The molecule has 5 aromatic rings. The molecule has 5 aliphatic rings. The van der Waals surface area contributed by atoms with E-state index >= 15 is 0 Å². The van der Waals surface area contributed by atoms with Crippen LogP contribution in [-0.2, 0) is 84.5 Å². The average molecular weight is 1760 g/mol. The van der Waals surface area contributed by atoms with Crippen LogP contribution in [0.15, 0.2) is 96.0 Å². The molecule has 9 N–H and O–H groups in total. The second kappa shape index (κ2) is 48.7. The van der Waals surface area contributed by atoms with E-state index in [0.29, 0.717) is 150 Å². The zero-order chi connectivity index (χ0) is 90.6. The van der Waals surface area contributed by atoms with Gasteiger partial charge in [-0.2, -0.15) is 5.10 Å². The van der Waals surface area contributed by atoms with Crippen LogP contribution < -0.4 is 21.3 Å². The number of piperazine rings is 1. The van der Waals surface area contributed by atoms with Crippen molar-refractivity contribution < 1.29 is 92.0 Å². The van der Waals surface area contributed by atoms with Crippen molar-refractivity contribution in [3.05, 3.63) is 96.4 Å². The van der Waals surface area contributed by atoms with Crippen molar-refractivity contribution in [3.63, 3.8) is 0 Å². The SMILES string of the molecule is CO[C@H]1C[C@@H]2CC[C@@H](C)[C@@](O)(O2)C(=O)C(=O)N2CCCC[C@H]2C(=O)O[C@H]([C@H](C)C[C@@H]2CC[C@@H](O)[C@H](OC)C2)C[C@@H](O)[C@H](C)/C=C(\C)[C@@H](O)[C@@H](OC)C(=NOCC(=O)CCc2cnc(N3CCN(C(=O)CN(C)CC(=O)NCCOCCOCCC(=O)NCCCCn4nc(-c5cnc6[nH]ccc6c5)c5c(N)ncnc54)CC3)nc2)[C@H](C)C[C@H](C)/C=C/C=C/C=C/1C. The van der Waals surface area contributed by atoms with E-state index in [0.717, 1.165) is 34.2 Å². The van der Waals surface area contributed by atoms with Crippen molar-refractivity contribution in [3.8, 4) is 11.3 Å². The normalized spacial score (nSPS) is 28.2. The number of nitrogens with one attached hydrogen (secondary N) is 3. The molecule has 2 bridgehead atoms. The summed E-state index contributed by atoms with van der Waals surface area (Å²) < 4.78 is 43.4. The number of H-pyrrole nitrogens is 1. The fourth-order valence-corrected chi connectivity index (χ4v) is 17.3. The van der Waals surface area contributed by atoms with Gasteiger partial charge in [0.2, 0.25) is 29.5 Å². The van der Waals surface area contributed by atoms with Gasteiger partial charge in [0, 0.05) is 153 Å². The number of likely N-dealkylation sites (N-methyl/N-ethyl adjacent to an activating group) is 1. The van der Waals surface area contributed by atoms with Gasteiger partial charge in [0.1, 0.15) is 47.8 Å². The maximum atomic E-state index is 14.8. The number of cyclic esters (lactones) is 1. The van der Waals surface area contributed by atoms with Gasteiger partial charge in [0.05, 0.1) is 81.1 Å². The van der Waals surface area contributed by atoms with E-state index in [1.165, 1.54) is 18.3 Å². The number of anilines is 2. The van der Waals surface area contributed by atoms with Gasteiger partial charge < -0.3 is 94.5 Å². The second-order valence-corrected chi connectivity index (χ2v) is 34.7. The molecule has 5 aromatic heterocycles. The highest BCUT2D eigenvalue weighted by Crippen LogP contribution is 2.39. The van der Waals surface area contributed by atoms with E-state index < -0.39 is 84.1 Å². The van der Waals surface area contributed by atoms with Crippen LogP contribution in [0.1, 0.15) is 157 Å². The van der Waals surface area contributed by atoms with Gasteiger partial charge in [-0.25, -0.2) is 34.4 Å². The number of ketones is 2. The van der Waals surface area contributed by atoms with Crippen LogP contribution in [-0.4, -0.2) is 303 Å². The molecule has 16 atom stereocenters. The van der Waals surface area contributed by atoms with Crippen LogP contribution in [0.4, 0.5) is 11.8 Å². The molecule has 3 saturated heterocycles. The molecule has 1 saturated carbocycles. The number of esters is 1. The molecule has 692 valence electrons. The highest BCUT2D eigenvalue weighted by Gasteiger charge is 2.53. The average Bonchev–Trinajstić information content (AvgIpc) is 1.49. The van der Waals surface area contributed by atoms with E-state index in [2.05, 4.69) is 45.7 Å². The van der Waals surface area contributed by atoms with Gasteiger partial charge in [0.15, 0.2) is 18.0 Å². The Labute approximate surface area is 738 Å². The number of carbonyl (C=O) groups excluding carboxylic acids is 7. The number of oxime groups is 1. The van der Waals surface area contributed by atoms with Crippen LogP contribution >= 0.6 is 0 Å². The molecular formula is C91H134N16O19. The molecule has 0 radical (unpaired) electrons. The largest absolute Gasteiger partial charge is 0.460 e. The van der Waals surface area contributed by atoms with Crippen LogP contribution in [0, 0.1) is 35.5 Å². The number of allylic oxidation sites excluding steroid dienone is 5. The summed E-state index contributed by atoms with van der Waals surface area (Å²) in [5, 5.41) is 64.2.